The second-order valence-corrected chi connectivity index (χ2v) is 6.78. The first kappa shape index (κ1) is 19.3. The van der Waals surface area contributed by atoms with Crippen molar-refractivity contribution < 1.29 is 9.21 Å². The molecule has 1 aromatic heterocycles. The molecule has 1 heterocycles. The minimum atomic E-state index is -0.447. The van der Waals surface area contributed by atoms with E-state index in [4.69, 9.17) is 33.0 Å². The zero-order chi connectivity index (χ0) is 19.6. The van der Waals surface area contributed by atoms with Crippen molar-refractivity contribution in [2.75, 3.05) is 23.3 Å². The predicted molar refractivity (Wildman–Crippen MR) is 110 cm³/mol. The number of benzene rings is 2. The number of hydrogen-bond donors (Lipinski definition) is 2. The number of amides is 1. The summed E-state index contributed by atoms with van der Waals surface area (Å²) in [5.41, 5.74) is 2.02. The fourth-order valence-corrected chi connectivity index (χ4v) is 3.14. The first-order chi connectivity index (χ1) is 12.9. The Morgan fingerprint density at radius 1 is 1.07 bits per heavy atom. The molecule has 0 aliphatic carbocycles. The first-order valence-corrected chi connectivity index (χ1v) is 9.32. The number of anilines is 2. The highest BCUT2D eigenvalue weighted by molar-refractivity contribution is 6.42. The van der Waals surface area contributed by atoms with Crippen LogP contribution in [0.5, 0.6) is 0 Å². The van der Waals surface area contributed by atoms with Crippen molar-refractivity contribution in [2.24, 2.45) is 0 Å². The van der Waals surface area contributed by atoms with Crippen molar-refractivity contribution in [3.8, 4) is 0 Å². The average Bonchev–Trinajstić information content (AvgIpc) is 2.65. The summed E-state index contributed by atoms with van der Waals surface area (Å²) in [5, 5.41) is 12.3. The Morgan fingerprint density at radius 3 is 2.48 bits per heavy atom. The molecule has 7 heteroatoms. The number of rotatable bonds is 5. The van der Waals surface area contributed by atoms with Crippen LogP contribution in [0.1, 0.15) is 24.2 Å². The Morgan fingerprint density at radius 2 is 1.81 bits per heavy atom. The topological polar surface area (TPSA) is 69.3 Å². The van der Waals surface area contributed by atoms with Crippen molar-refractivity contribution in [3.63, 3.8) is 0 Å². The molecule has 1 amide bonds. The molecule has 0 bridgehead atoms. The zero-order valence-corrected chi connectivity index (χ0v) is 16.5. The molecular formula is C20H19Cl2N3O2. The molecule has 2 N–H and O–H groups in total. The van der Waals surface area contributed by atoms with Crippen LogP contribution in [0.2, 0.25) is 10.0 Å². The second-order valence-electron chi connectivity index (χ2n) is 5.97. The third kappa shape index (κ3) is 4.10. The van der Waals surface area contributed by atoms with Crippen molar-refractivity contribution in [2.45, 2.75) is 13.8 Å². The van der Waals surface area contributed by atoms with Crippen LogP contribution >= 0.6 is 23.2 Å². The Hall–Kier alpha value is -2.50. The van der Waals surface area contributed by atoms with Crippen molar-refractivity contribution in [3.05, 3.63) is 63.6 Å². The number of hydrogen-bond acceptors (Lipinski definition) is 4. The van der Waals surface area contributed by atoms with Gasteiger partial charge in [0.1, 0.15) is 11.1 Å². The maximum absolute atomic E-state index is 12.6. The summed E-state index contributed by atoms with van der Waals surface area (Å²) in [6.07, 6.45) is 0. The Labute approximate surface area is 167 Å². The second kappa shape index (κ2) is 8.03. The third-order valence-electron chi connectivity index (χ3n) is 4.30. The lowest BCUT2D eigenvalue weighted by Crippen LogP contribution is -2.22. The van der Waals surface area contributed by atoms with Gasteiger partial charge in [0, 0.05) is 35.9 Å². The van der Waals surface area contributed by atoms with Gasteiger partial charge >= 0.3 is 0 Å². The lowest BCUT2D eigenvalue weighted by atomic mass is 10.1. The molecule has 0 atom stereocenters. The molecule has 3 aromatic rings. The molecule has 27 heavy (non-hydrogen) atoms. The van der Waals surface area contributed by atoms with E-state index in [9.17, 15) is 4.79 Å². The number of nitrogens with zero attached hydrogens (tertiary/aromatic N) is 1. The molecule has 0 aliphatic rings. The molecule has 0 aliphatic heterocycles. The zero-order valence-electron chi connectivity index (χ0n) is 15.0. The van der Waals surface area contributed by atoms with E-state index in [0.717, 1.165) is 24.2 Å². The Kier molecular flexibility index (Phi) is 5.73. The molecule has 0 radical (unpaired) electrons. The van der Waals surface area contributed by atoms with Gasteiger partial charge in [-0.15, -0.1) is 0 Å². The molecule has 140 valence electrons. The maximum atomic E-state index is 12.6. The monoisotopic (exact) mass is 403 g/mol. The molecule has 0 saturated heterocycles. The van der Waals surface area contributed by atoms with Crippen LogP contribution in [0.4, 0.5) is 11.4 Å². The third-order valence-corrected chi connectivity index (χ3v) is 5.04. The number of fused-ring (bicyclic) bond motifs is 1. The summed E-state index contributed by atoms with van der Waals surface area (Å²) in [7, 11) is 0. The quantitative estimate of drug-likeness (QED) is 0.605. The van der Waals surface area contributed by atoms with Crippen molar-refractivity contribution in [1.82, 2.24) is 0 Å². The van der Waals surface area contributed by atoms with Crippen molar-refractivity contribution >= 4 is 51.5 Å². The van der Waals surface area contributed by atoms with Gasteiger partial charge in [0.25, 0.3) is 5.91 Å². The number of carbonyl (C=O) groups excluding carboxylic acids is 1. The lowest BCUT2D eigenvalue weighted by molar-refractivity contribution is 0.102. The first-order valence-electron chi connectivity index (χ1n) is 8.56. The Balaban J connectivity index is 1.93. The molecule has 3 rings (SSSR count). The summed E-state index contributed by atoms with van der Waals surface area (Å²) in [6.45, 7) is 5.91. The smallest absolute Gasteiger partial charge is 0.261 e. The summed E-state index contributed by atoms with van der Waals surface area (Å²) in [5.74, 6) is -0.447. The van der Waals surface area contributed by atoms with Gasteiger partial charge in [-0.05, 0) is 50.2 Å². The summed E-state index contributed by atoms with van der Waals surface area (Å²) >= 11 is 11.9. The van der Waals surface area contributed by atoms with Gasteiger partial charge in [-0.1, -0.05) is 23.2 Å². The average molecular weight is 404 g/mol. The van der Waals surface area contributed by atoms with Gasteiger partial charge in [-0.2, -0.15) is 0 Å². The van der Waals surface area contributed by atoms with Gasteiger partial charge in [0.05, 0.1) is 10.0 Å². The molecule has 0 unspecified atom stereocenters. The standard InChI is InChI=1S/C20H19Cl2N3O2/c1-3-25(4-2)14-7-5-12-9-15(19(23)27-18(12)11-14)20(26)24-13-6-8-16(21)17(22)10-13/h5-11,23H,3-4H2,1-2H3,(H,24,26). The van der Waals surface area contributed by atoms with E-state index >= 15 is 0 Å². The van der Waals surface area contributed by atoms with Crippen LogP contribution in [0.15, 0.2) is 46.9 Å². The summed E-state index contributed by atoms with van der Waals surface area (Å²) < 4.78 is 5.61. The van der Waals surface area contributed by atoms with E-state index in [0.29, 0.717) is 21.3 Å². The van der Waals surface area contributed by atoms with E-state index in [1.54, 1.807) is 24.3 Å². The molecule has 2 aromatic carbocycles. The predicted octanol–water partition coefficient (Wildman–Crippen LogP) is 5.32. The highest BCUT2D eigenvalue weighted by Gasteiger charge is 2.13. The minimum Gasteiger partial charge on any atom is -0.438 e. The van der Waals surface area contributed by atoms with Crippen LogP contribution in [0.3, 0.4) is 0 Å². The SMILES string of the molecule is CCN(CC)c1ccc2cc(C(=O)Nc3ccc(Cl)c(Cl)c3)c(=N)oc2c1. The highest BCUT2D eigenvalue weighted by atomic mass is 35.5. The van der Waals surface area contributed by atoms with Gasteiger partial charge in [0.2, 0.25) is 5.55 Å². The van der Waals surface area contributed by atoms with E-state index in [-0.39, 0.29) is 11.1 Å². The summed E-state index contributed by atoms with van der Waals surface area (Å²) in [4.78, 5) is 14.8. The molecular weight excluding hydrogens is 385 g/mol. The van der Waals surface area contributed by atoms with Crippen LogP contribution in [0, 0.1) is 5.41 Å². The molecule has 5 nitrogen and oxygen atoms in total. The van der Waals surface area contributed by atoms with E-state index < -0.39 is 5.91 Å². The fourth-order valence-electron chi connectivity index (χ4n) is 2.84. The fraction of sp³-hybridized carbons (Fsp3) is 0.200. The summed E-state index contributed by atoms with van der Waals surface area (Å²) in [6, 6.07) is 12.2. The van der Waals surface area contributed by atoms with E-state index in [1.165, 1.54) is 0 Å². The Bertz CT molecular complexity index is 1060. The van der Waals surface area contributed by atoms with Gasteiger partial charge in [0.15, 0.2) is 0 Å². The van der Waals surface area contributed by atoms with E-state index in [2.05, 4.69) is 24.1 Å². The largest absolute Gasteiger partial charge is 0.438 e. The molecule has 0 saturated carbocycles. The number of carbonyl (C=O) groups is 1. The number of halogens is 2. The highest BCUT2D eigenvalue weighted by Crippen LogP contribution is 2.26. The maximum Gasteiger partial charge on any atom is 0.261 e. The lowest BCUT2D eigenvalue weighted by Gasteiger charge is -2.21. The normalized spacial score (nSPS) is 10.8. The van der Waals surface area contributed by atoms with Gasteiger partial charge < -0.3 is 14.6 Å². The number of nitrogens with one attached hydrogen (secondary N) is 2. The van der Waals surface area contributed by atoms with Gasteiger partial charge in [-0.25, -0.2) is 0 Å². The van der Waals surface area contributed by atoms with Crippen LogP contribution in [0.25, 0.3) is 11.0 Å². The van der Waals surface area contributed by atoms with E-state index in [1.807, 2.05) is 18.2 Å². The molecule has 0 fully saturated rings. The van der Waals surface area contributed by atoms with Crippen molar-refractivity contribution in [1.29, 1.82) is 5.41 Å². The van der Waals surface area contributed by atoms with Gasteiger partial charge in [-0.3, -0.25) is 10.2 Å². The van der Waals surface area contributed by atoms with Crippen LogP contribution < -0.4 is 15.8 Å². The minimum absolute atomic E-state index is 0.143. The molecule has 0 spiro atoms. The van der Waals surface area contributed by atoms with Crippen LogP contribution in [-0.4, -0.2) is 19.0 Å². The van der Waals surface area contributed by atoms with Crippen LogP contribution in [-0.2, 0) is 0 Å².